The molecule has 1 aromatic carbocycles. The maximum atomic E-state index is 13.4. The molecule has 28 heavy (non-hydrogen) atoms. The lowest BCUT2D eigenvalue weighted by Crippen LogP contribution is -2.76. The quantitative estimate of drug-likeness (QED) is 0.563. The SMILES string of the molecule is COC(=O)[C@@H]1[C@@]2(C)[C@H]3CCCN3C3(C(=O)NC(=O)NC3=O)[C@@]12c1ccccc1. The number of fused-ring (bicyclic) bond motifs is 5. The van der Waals surface area contributed by atoms with E-state index in [1.165, 1.54) is 7.11 Å². The van der Waals surface area contributed by atoms with E-state index in [4.69, 9.17) is 4.74 Å². The number of methoxy groups -OCH3 is 1. The summed E-state index contributed by atoms with van der Waals surface area (Å²) in [5.41, 5.74) is -2.69. The minimum atomic E-state index is -1.67. The maximum absolute atomic E-state index is 13.4. The molecule has 4 fully saturated rings. The third-order valence-corrected chi connectivity index (χ3v) is 7.52. The first-order valence-electron chi connectivity index (χ1n) is 9.45. The fourth-order valence-electron chi connectivity index (χ4n) is 6.78. The van der Waals surface area contributed by atoms with Gasteiger partial charge in [0.1, 0.15) is 0 Å². The highest BCUT2D eigenvalue weighted by Crippen LogP contribution is 2.83. The number of carbonyl (C=O) groups is 4. The largest absolute Gasteiger partial charge is 0.469 e. The van der Waals surface area contributed by atoms with Crippen molar-refractivity contribution < 1.29 is 23.9 Å². The van der Waals surface area contributed by atoms with E-state index in [2.05, 4.69) is 10.6 Å². The molecule has 1 spiro atoms. The Kier molecular flexibility index (Phi) is 3.22. The lowest BCUT2D eigenvalue weighted by Gasteiger charge is -2.45. The van der Waals surface area contributed by atoms with Crippen molar-refractivity contribution in [3.63, 3.8) is 0 Å². The van der Waals surface area contributed by atoms with Gasteiger partial charge in [-0.1, -0.05) is 37.3 Å². The average Bonchev–Trinajstić information content (AvgIpc) is 2.97. The molecule has 1 aliphatic carbocycles. The van der Waals surface area contributed by atoms with Crippen molar-refractivity contribution in [2.24, 2.45) is 11.3 Å². The Morgan fingerprint density at radius 2 is 1.79 bits per heavy atom. The van der Waals surface area contributed by atoms with Gasteiger partial charge in [0, 0.05) is 18.0 Å². The second-order valence-electron chi connectivity index (χ2n) is 8.21. The Labute approximate surface area is 161 Å². The second-order valence-corrected chi connectivity index (χ2v) is 8.21. The highest BCUT2D eigenvalue weighted by Gasteiger charge is 2.96. The fraction of sp³-hybridized carbons (Fsp3) is 0.500. The molecule has 0 radical (unpaired) electrons. The van der Waals surface area contributed by atoms with Gasteiger partial charge in [0.15, 0.2) is 5.54 Å². The predicted molar refractivity (Wildman–Crippen MR) is 95.9 cm³/mol. The fourth-order valence-corrected chi connectivity index (χ4v) is 6.78. The van der Waals surface area contributed by atoms with Crippen molar-refractivity contribution in [3.8, 4) is 0 Å². The molecule has 146 valence electrons. The number of amides is 4. The first kappa shape index (κ1) is 17.4. The molecule has 3 aliphatic heterocycles. The molecule has 4 atom stereocenters. The van der Waals surface area contributed by atoms with E-state index in [1.807, 2.05) is 42.2 Å². The van der Waals surface area contributed by atoms with Crippen LogP contribution in [0.5, 0.6) is 0 Å². The minimum absolute atomic E-state index is 0.137. The van der Waals surface area contributed by atoms with Crippen molar-refractivity contribution in [1.82, 2.24) is 15.5 Å². The minimum Gasteiger partial charge on any atom is -0.469 e. The van der Waals surface area contributed by atoms with E-state index in [9.17, 15) is 19.2 Å². The summed E-state index contributed by atoms with van der Waals surface area (Å²) in [7, 11) is 1.32. The number of hydrogen-bond donors (Lipinski definition) is 2. The van der Waals surface area contributed by atoms with Crippen molar-refractivity contribution >= 4 is 23.8 Å². The van der Waals surface area contributed by atoms with Crippen LogP contribution >= 0.6 is 0 Å². The van der Waals surface area contributed by atoms with Gasteiger partial charge in [0.2, 0.25) is 0 Å². The van der Waals surface area contributed by atoms with Crippen LogP contribution < -0.4 is 10.6 Å². The van der Waals surface area contributed by atoms with Crippen molar-refractivity contribution in [1.29, 1.82) is 0 Å². The van der Waals surface area contributed by atoms with Gasteiger partial charge in [-0.05, 0) is 18.4 Å². The number of piperidine rings is 1. The zero-order valence-corrected chi connectivity index (χ0v) is 15.7. The number of rotatable bonds is 2. The van der Waals surface area contributed by atoms with Crippen molar-refractivity contribution in [2.45, 2.75) is 36.8 Å². The van der Waals surface area contributed by atoms with Crippen LogP contribution in [-0.2, 0) is 24.5 Å². The number of nitrogens with one attached hydrogen (secondary N) is 2. The number of hydrogen-bond acceptors (Lipinski definition) is 6. The number of barbiturate groups is 1. The summed E-state index contributed by atoms with van der Waals surface area (Å²) < 4.78 is 5.11. The average molecular weight is 383 g/mol. The zero-order chi connectivity index (χ0) is 19.9. The summed E-state index contributed by atoms with van der Waals surface area (Å²) in [6.45, 7) is 2.52. The van der Waals surface area contributed by atoms with Crippen LogP contribution in [0.2, 0.25) is 0 Å². The molecule has 1 aromatic rings. The molecule has 4 amide bonds. The molecule has 3 heterocycles. The predicted octanol–water partition coefficient (Wildman–Crippen LogP) is 0.316. The Morgan fingerprint density at radius 1 is 1.14 bits per heavy atom. The Morgan fingerprint density at radius 3 is 2.39 bits per heavy atom. The highest BCUT2D eigenvalue weighted by molar-refractivity contribution is 6.25. The molecule has 0 aromatic heterocycles. The van der Waals surface area contributed by atoms with Crippen molar-refractivity contribution in [2.75, 3.05) is 13.7 Å². The van der Waals surface area contributed by atoms with Crippen LogP contribution in [0, 0.1) is 11.3 Å². The number of esters is 1. The first-order chi connectivity index (χ1) is 13.4. The van der Waals surface area contributed by atoms with Gasteiger partial charge in [-0.25, -0.2) is 4.79 Å². The lowest BCUT2D eigenvalue weighted by atomic mass is 9.70. The molecule has 8 heteroatoms. The van der Waals surface area contributed by atoms with E-state index in [1.54, 1.807) is 0 Å². The number of benzene rings is 1. The molecule has 2 N–H and O–H groups in total. The van der Waals surface area contributed by atoms with Gasteiger partial charge in [-0.3, -0.25) is 29.9 Å². The van der Waals surface area contributed by atoms with E-state index in [0.717, 1.165) is 18.4 Å². The van der Waals surface area contributed by atoms with Crippen LogP contribution in [0.15, 0.2) is 30.3 Å². The van der Waals surface area contributed by atoms with Crippen LogP contribution in [0.4, 0.5) is 4.79 Å². The molecule has 4 aliphatic rings. The van der Waals surface area contributed by atoms with Crippen molar-refractivity contribution in [3.05, 3.63) is 35.9 Å². The molecule has 1 saturated carbocycles. The van der Waals surface area contributed by atoms with Crippen LogP contribution in [0.25, 0.3) is 0 Å². The van der Waals surface area contributed by atoms with Crippen LogP contribution in [-0.4, -0.2) is 54.0 Å². The van der Waals surface area contributed by atoms with Gasteiger partial charge >= 0.3 is 12.0 Å². The summed E-state index contributed by atoms with van der Waals surface area (Å²) in [5.74, 6) is -2.41. The summed E-state index contributed by atoms with van der Waals surface area (Å²) in [4.78, 5) is 53.5. The number of nitrogens with zero attached hydrogens (tertiary/aromatic N) is 1. The lowest BCUT2D eigenvalue weighted by molar-refractivity contribution is -0.152. The molecule has 0 unspecified atom stereocenters. The van der Waals surface area contributed by atoms with E-state index in [-0.39, 0.29) is 6.04 Å². The Bertz CT molecular complexity index is 911. The molecular weight excluding hydrogens is 362 g/mol. The Hall–Kier alpha value is -2.74. The number of imide groups is 2. The van der Waals surface area contributed by atoms with Crippen LogP contribution in [0.3, 0.4) is 0 Å². The van der Waals surface area contributed by atoms with Gasteiger partial charge in [0.25, 0.3) is 11.8 Å². The Balaban J connectivity index is 1.84. The maximum Gasteiger partial charge on any atom is 0.328 e. The van der Waals surface area contributed by atoms with E-state index >= 15 is 0 Å². The topological polar surface area (TPSA) is 105 Å². The normalized spacial score (nSPS) is 37.9. The number of ether oxygens (including phenoxy) is 1. The standard InChI is InChI=1S/C20H21N3O5/c1-18-12-9-6-10-23(12)20(15(25)21-17(27)22-16(20)26)19(18,13(18)14(24)28-2)11-7-4-3-5-8-11/h3-5,7-8,12-13H,6,9-10H2,1-2H3,(H2,21,22,25,26,27)/t12-,13-,18-,19+/m1/s1. The van der Waals surface area contributed by atoms with E-state index in [0.29, 0.717) is 6.54 Å². The second kappa shape index (κ2) is 5.20. The first-order valence-corrected chi connectivity index (χ1v) is 9.45. The van der Waals surface area contributed by atoms with Gasteiger partial charge in [-0.15, -0.1) is 0 Å². The smallest absolute Gasteiger partial charge is 0.328 e. The third kappa shape index (κ3) is 1.51. The molecule has 0 bridgehead atoms. The monoisotopic (exact) mass is 383 g/mol. The third-order valence-electron chi connectivity index (χ3n) is 7.52. The molecule has 8 nitrogen and oxygen atoms in total. The molecular formula is C20H21N3O5. The summed E-state index contributed by atoms with van der Waals surface area (Å²) in [5, 5.41) is 4.60. The molecule has 5 rings (SSSR count). The number of urea groups is 1. The van der Waals surface area contributed by atoms with Crippen LogP contribution in [0.1, 0.15) is 25.3 Å². The van der Waals surface area contributed by atoms with E-state index < -0.39 is 46.1 Å². The summed E-state index contributed by atoms with van der Waals surface area (Å²) in [6, 6.07) is 8.24. The summed E-state index contributed by atoms with van der Waals surface area (Å²) >= 11 is 0. The highest BCUT2D eigenvalue weighted by atomic mass is 16.5. The summed E-state index contributed by atoms with van der Waals surface area (Å²) in [6.07, 6.45) is 1.59. The van der Waals surface area contributed by atoms with Gasteiger partial charge < -0.3 is 4.74 Å². The molecule has 3 saturated heterocycles. The van der Waals surface area contributed by atoms with Gasteiger partial charge in [0.05, 0.1) is 18.4 Å². The zero-order valence-electron chi connectivity index (χ0n) is 15.7. The number of carbonyl (C=O) groups excluding carboxylic acids is 4. The van der Waals surface area contributed by atoms with Gasteiger partial charge in [-0.2, -0.15) is 0 Å².